The van der Waals surface area contributed by atoms with Crippen LogP contribution in [0.2, 0.25) is 0 Å². The van der Waals surface area contributed by atoms with Crippen molar-refractivity contribution in [3.8, 4) is 33.4 Å². The molecule has 0 saturated heterocycles. The zero-order valence-corrected chi connectivity index (χ0v) is 23.2. The highest BCUT2D eigenvalue weighted by Gasteiger charge is 2.33. The summed E-state index contributed by atoms with van der Waals surface area (Å²) in [7, 11) is 0. The summed E-state index contributed by atoms with van der Waals surface area (Å²) in [6.07, 6.45) is 0. The quantitative estimate of drug-likeness (QED) is 0.199. The highest BCUT2D eigenvalue weighted by Crippen LogP contribution is 2.50. The van der Waals surface area contributed by atoms with E-state index in [2.05, 4.69) is 147 Å². The number of hydrogen-bond donors (Lipinski definition) is 0. The Morgan fingerprint density at radius 1 is 0.366 bits per heavy atom. The van der Waals surface area contributed by atoms with Crippen LogP contribution >= 0.6 is 0 Å². The molecule has 41 heavy (non-hydrogen) atoms. The van der Waals surface area contributed by atoms with Crippen molar-refractivity contribution in [2.24, 2.45) is 0 Å². The summed E-state index contributed by atoms with van der Waals surface area (Å²) in [5.74, 6) is 0. The van der Waals surface area contributed by atoms with E-state index in [1.807, 2.05) is 0 Å². The minimum Gasteiger partial charge on any atom is -0.0619 e. The maximum absolute atomic E-state index is 2.45. The third-order valence-electron chi connectivity index (χ3n) is 9.58. The van der Waals surface area contributed by atoms with E-state index >= 15 is 0 Å². The zero-order valence-electron chi connectivity index (χ0n) is 23.2. The standard InChI is InChI=1S/C41H28/c1-41(2)36-15-4-3-13-33(36)34-14-7-12-30-23-31(24-37(41)39(30)34)28-10-6-11-29(22-28)32-20-18-27-17-16-25-8-5-9-26-19-21-35(32)40(27)38(25)26/h3-24H,1-2H3. The lowest BCUT2D eigenvalue weighted by molar-refractivity contribution is 0.645. The van der Waals surface area contributed by atoms with E-state index in [9.17, 15) is 0 Å². The third kappa shape index (κ3) is 3.11. The van der Waals surface area contributed by atoms with Gasteiger partial charge < -0.3 is 0 Å². The Bertz CT molecular complexity index is 2320. The van der Waals surface area contributed by atoms with Gasteiger partial charge in [0.15, 0.2) is 0 Å². The molecule has 0 spiro atoms. The fraction of sp³-hybridized carbons (Fsp3) is 0.0732. The van der Waals surface area contributed by atoms with Gasteiger partial charge >= 0.3 is 0 Å². The molecule has 0 heterocycles. The van der Waals surface area contributed by atoms with Gasteiger partial charge in [0.2, 0.25) is 0 Å². The van der Waals surface area contributed by atoms with Crippen molar-refractivity contribution in [2.45, 2.75) is 19.3 Å². The van der Waals surface area contributed by atoms with Gasteiger partial charge in [0.05, 0.1) is 0 Å². The first-order chi connectivity index (χ1) is 20.1. The number of fused-ring (bicyclic) bond motifs is 2. The largest absolute Gasteiger partial charge is 0.0619 e. The molecule has 0 atom stereocenters. The van der Waals surface area contributed by atoms with Gasteiger partial charge in [-0.15, -0.1) is 0 Å². The lowest BCUT2D eigenvalue weighted by Crippen LogP contribution is -2.23. The van der Waals surface area contributed by atoms with Crippen molar-refractivity contribution in [3.05, 3.63) is 145 Å². The van der Waals surface area contributed by atoms with Gasteiger partial charge in [-0.2, -0.15) is 0 Å². The topological polar surface area (TPSA) is 0 Å². The van der Waals surface area contributed by atoms with Crippen LogP contribution in [0.3, 0.4) is 0 Å². The predicted octanol–water partition coefficient (Wildman–Crippen LogP) is 11.4. The van der Waals surface area contributed by atoms with Crippen LogP contribution in [0.5, 0.6) is 0 Å². The minimum absolute atomic E-state index is 0.0805. The van der Waals surface area contributed by atoms with Crippen LogP contribution in [-0.4, -0.2) is 0 Å². The molecule has 0 fully saturated rings. The first-order valence-electron chi connectivity index (χ1n) is 14.5. The Kier molecular flexibility index (Phi) is 4.49. The van der Waals surface area contributed by atoms with Crippen LogP contribution in [0, 0.1) is 0 Å². The smallest absolute Gasteiger partial charge is 0.0159 e. The summed E-state index contributed by atoms with van der Waals surface area (Å²) >= 11 is 0. The van der Waals surface area contributed by atoms with Crippen LogP contribution in [-0.2, 0) is 5.41 Å². The second-order valence-electron chi connectivity index (χ2n) is 12.1. The third-order valence-corrected chi connectivity index (χ3v) is 9.58. The molecule has 0 radical (unpaired) electrons. The van der Waals surface area contributed by atoms with Crippen molar-refractivity contribution < 1.29 is 0 Å². The summed E-state index contributed by atoms with van der Waals surface area (Å²) < 4.78 is 0. The van der Waals surface area contributed by atoms with Crippen LogP contribution in [0.1, 0.15) is 25.0 Å². The van der Waals surface area contributed by atoms with E-state index in [4.69, 9.17) is 0 Å². The van der Waals surface area contributed by atoms with Crippen molar-refractivity contribution in [3.63, 3.8) is 0 Å². The second kappa shape index (κ2) is 8.05. The lowest BCUT2D eigenvalue weighted by atomic mass is 9.68. The van der Waals surface area contributed by atoms with Gasteiger partial charge in [-0.05, 0) is 106 Å². The molecule has 0 heteroatoms. The Balaban J connectivity index is 1.26. The summed E-state index contributed by atoms with van der Waals surface area (Å²) in [5.41, 5.74) is 10.5. The maximum Gasteiger partial charge on any atom is 0.0159 e. The molecule has 1 aliphatic rings. The molecular weight excluding hydrogens is 492 g/mol. The highest BCUT2D eigenvalue weighted by atomic mass is 14.4. The summed E-state index contributed by atoms with van der Waals surface area (Å²) in [4.78, 5) is 0. The molecule has 0 aliphatic heterocycles. The Labute approximate surface area is 239 Å². The maximum atomic E-state index is 2.45. The highest BCUT2D eigenvalue weighted by molar-refractivity contribution is 6.25. The normalized spacial score (nSPS) is 13.8. The average molecular weight is 521 g/mol. The molecular formula is C41H28. The lowest BCUT2D eigenvalue weighted by Gasteiger charge is -2.35. The Hall–Kier alpha value is -4.94. The van der Waals surface area contributed by atoms with E-state index in [1.165, 1.54) is 87.6 Å². The van der Waals surface area contributed by atoms with Crippen LogP contribution in [0.15, 0.2) is 133 Å². The van der Waals surface area contributed by atoms with E-state index in [0.717, 1.165) is 0 Å². The molecule has 0 unspecified atom stereocenters. The SMILES string of the molecule is CC1(C)c2ccccc2-c2cccc3cc(-c4cccc(-c5ccc6ccc7cccc8ccc5c6c78)c4)cc1c23. The first-order valence-corrected chi connectivity index (χ1v) is 14.5. The van der Waals surface area contributed by atoms with Gasteiger partial charge in [-0.25, -0.2) is 0 Å². The van der Waals surface area contributed by atoms with Gasteiger partial charge in [-0.1, -0.05) is 129 Å². The molecule has 0 saturated carbocycles. The van der Waals surface area contributed by atoms with E-state index in [0.29, 0.717) is 0 Å². The minimum atomic E-state index is -0.0805. The Morgan fingerprint density at radius 3 is 1.90 bits per heavy atom. The number of rotatable bonds is 2. The molecule has 1 aliphatic carbocycles. The predicted molar refractivity (Wildman–Crippen MR) is 176 cm³/mol. The first kappa shape index (κ1) is 22.8. The molecule has 8 aromatic rings. The van der Waals surface area contributed by atoms with Gasteiger partial charge in [0.25, 0.3) is 0 Å². The van der Waals surface area contributed by atoms with E-state index in [1.54, 1.807) is 0 Å². The van der Waals surface area contributed by atoms with E-state index in [-0.39, 0.29) is 5.41 Å². The van der Waals surface area contributed by atoms with Crippen molar-refractivity contribution in [2.75, 3.05) is 0 Å². The number of benzene rings is 8. The molecule has 0 N–H and O–H groups in total. The van der Waals surface area contributed by atoms with Crippen molar-refractivity contribution in [1.82, 2.24) is 0 Å². The van der Waals surface area contributed by atoms with Gasteiger partial charge in [-0.3, -0.25) is 0 Å². The molecule has 0 amide bonds. The van der Waals surface area contributed by atoms with Gasteiger partial charge in [0.1, 0.15) is 0 Å². The van der Waals surface area contributed by atoms with Crippen molar-refractivity contribution in [1.29, 1.82) is 0 Å². The zero-order chi connectivity index (χ0) is 27.3. The molecule has 9 rings (SSSR count). The monoisotopic (exact) mass is 520 g/mol. The van der Waals surface area contributed by atoms with Crippen LogP contribution in [0.4, 0.5) is 0 Å². The van der Waals surface area contributed by atoms with Gasteiger partial charge in [0, 0.05) is 5.41 Å². The number of hydrogen-bond acceptors (Lipinski definition) is 0. The second-order valence-corrected chi connectivity index (χ2v) is 12.1. The molecule has 192 valence electrons. The molecule has 8 aromatic carbocycles. The summed E-state index contributed by atoms with van der Waals surface area (Å²) in [6, 6.07) is 50.0. The van der Waals surface area contributed by atoms with Crippen LogP contribution in [0.25, 0.3) is 76.5 Å². The summed E-state index contributed by atoms with van der Waals surface area (Å²) in [5, 5.41) is 10.7. The average Bonchev–Trinajstić information content (AvgIpc) is 3.02. The van der Waals surface area contributed by atoms with Crippen LogP contribution < -0.4 is 0 Å². The Morgan fingerprint density at radius 2 is 1.02 bits per heavy atom. The molecule has 0 aromatic heterocycles. The fourth-order valence-electron chi connectivity index (χ4n) is 7.57. The molecule has 0 nitrogen and oxygen atoms in total. The van der Waals surface area contributed by atoms with Crippen molar-refractivity contribution >= 4 is 43.1 Å². The van der Waals surface area contributed by atoms with E-state index < -0.39 is 0 Å². The molecule has 0 bridgehead atoms. The fourth-order valence-corrected chi connectivity index (χ4v) is 7.57. The summed E-state index contributed by atoms with van der Waals surface area (Å²) in [6.45, 7) is 4.75.